The maximum Gasteiger partial charge on any atom is 0.339 e. The van der Waals surface area contributed by atoms with Gasteiger partial charge in [-0.05, 0) is 49.1 Å². The van der Waals surface area contributed by atoms with Crippen LogP contribution in [-0.2, 0) is 17.8 Å². The number of esters is 1. The van der Waals surface area contributed by atoms with Crippen LogP contribution >= 0.6 is 11.6 Å². The van der Waals surface area contributed by atoms with Crippen LogP contribution in [0.4, 0.5) is 0 Å². The van der Waals surface area contributed by atoms with Crippen molar-refractivity contribution in [1.82, 2.24) is 0 Å². The fourth-order valence-corrected chi connectivity index (χ4v) is 3.75. The van der Waals surface area contributed by atoms with Gasteiger partial charge >= 0.3 is 11.6 Å². The fraction of sp³-hybridized carbons (Fsp3) is 0.360. The number of benzene rings is 2. The van der Waals surface area contributed by atoms with Gasteiger partial charge < -0.3 is 13.9 Å². The van der Waals surface area contributed by atoms with Gasteiger partial charge in [0.1, 0.15) is 17.9 Å². The van der Waals surface area contributed by atoms with E-state index < -0.39 is 0 Å². The Bertz CT molecular complexity index is 1120. The lowest BCUT2D eigenvalue weighted by atomic mass is 10.0. The third-order valence-corrected chi connectivity index (χ3v) is 5.68. The molecule has 0 aliphatic carbocycles. The van der Waals surface area contributed by atoms with Gasteiger partial charge in [0.05, 0.1) is 17.7 Å². The van der Waals surface area contributed by atoms with Gasteiger partial charge in [-0.2, -0.15) is 0 Å². The quantitative estimate of drug-likeness (QED) is 0.223. The molecule has 0 unspecified atom stereocenters. The molecule has 164 valence electrons. The smallest absolute Gasteiger partial charge is 0.339 e. The highest BCUT2D eigenvalue weighted by atomic mass is 35.5. The van der Waals surface area contributed by atoms with Crippen LogP contribution in [0.25, 0.3) is 11.0 Å². The Balaban J connectivity index is 1.79. The minimum atomic E-state index is -0.389. The van der Waals surface area contributed by atoms with E-state index in [9.17, 15) is 9.59 Å². The molecule has 6 heteroatoms. The maximum atomic E-state index is 12.5. The zero-order chi connectivity index (χ0) is 22.4. The van der Waals surface area contributed by atoms with Crippen molar-refractivity contribution in [2.24, 2.45) is 0 Å². The molecule has 3 rings (SSSR count). The van der Waals surface area contributed by atoms with E-state index in [0.29, 0.717) is 28.3 Å². The van der Waals surface area contributed by atoms with Crippen LogP contribution in [-0.4, -0.2) is 13.1 Å². The van der Waals surface area contributed by atoms with E-state index in [-0.39, 0.29) is 18.2 Å². The van der Waals surface area contributed by atoms with Gasteiger partial charge in [0.25, 0.3) is 0 Å². The number of halogens is 1. The molecule has 0 fully saturated rings. The molecule has 0 radical (unpaired) electrons. The molecule has 0 atom stereocenters. The highest BCUT2D eigenvalue weighted by Gasteiger charge is 2.14. The highest BCUT2D eigenvalue weighted by molar-refractivity contribution is 6.32. The summed E-state index contributed by atoms with van der Waals surface area (Å²) in [6.45, 7) is 4.36. The van der Waals surface area contributed by atoms with E-state index in [2.05, 4.69) is 6.92 Å². The number of fused-ring (bicyclic) bond motifs is 1. The number of aryl methyl sites for hydroxylation is 1. The number of unbranched alkanes of at least 4 members (excludes halogenated alkanes) is 3. The van der Waals surface area contributed by atoms with E-state index in [0.717, 1.165) is 47.8 Å². The highest BCUT2D eigenvalue weighted by Crippen LogP contribution is 2.32. The first kappa shape index (κ1) is 22.9. The second-order valence-corrected chi connectivity index (χ2v) is 7.97. The molecule has 31 heavy (non-hydrogen) atoms. The molecular formula is C25H27ClO5. The monoisotopic (exact) mass is 442 g/mol. The summed E-state index contributed by atoms with van der Waals surface area (Å²) in [5.74, 6) is 0.0460. The van der Waals surface area contributed by atoms with Crippen molar-refractivity contribution in [3.63, 3.8) is 0 Å². The van der Waals surface area contributed by atoms with Gasteiger partial charge in [-0.1, -0.05) is 49.9 Å². The summed E-state index contributed by atoms with van der Waals surface area (Å²) in [6, 6.07) is 10.4. The molecule has 0 saturated heterocycles. The van der Waals surface area contributed by atoms with Crippen LogP contribution in [0.3, 0.4) is 0 Å². The fourth-order valence-electron chi connectivity index (χ4n) is 3.53. The topological polar surface area (TPSA) is 65.7 Å². The Hall–Kier alpha value is -2.79. The Morgan fingerprint density at radius 3 is 2.52 bits per heavy atom. The molecule has 2 aromatic carbocycles. The largest absolute Gasteiger partial charge is 0.487 e. The SMILES string of the molecule is CCCCCCc1c(C)c2cc(Cl)c(OCc3ccc(C(=O)OC)cc3)cc2oc1=O. The summed E-state index contributed by atoms with van der Waals surface area (Å²) in [7, 11) is 1.34. The molecule has 0 spiro atoms. The van der Waals surface area contributed by atoms with Crippen molar-refractivity contribution in [3.8, 4) is 5.75 Å². The number of carbonyl (C=O) groups excluding carboxylic acids is 1. The molecular weight excluding hydrogens is 416 g/mol. The second-order valence-electron chi connectivity index (χ2n) is 7.56. The van der Waals surface area contributed by atoms with E-state index in [4.69, 9.17) is 25.5 Å². The van der Waals surface area contributed by atoms with Crippen LogP contribution < -0.4 is 10.4 Å². The summed E-state index contributed by atoms with van der Waals surface area (Å²) in [4.78, 5) is 24.1. The molecule has 0 aliphatic rings. The van der Waals surface area contributed by atoms with E-state index in [1.807, 2.05) is 6.92 Å². The van der Waals surface area contributed by atoms with Gasteiger partial charge in [0.2, 0.25) is 0 Å². The van der Waals surface area contributed by atoms with Gasteiger partial charge in [0, 0.05) is 17.0 Å². The van der Waals surface area contributed by atoms with Crippen molar-refractivity contribution in [2.45, 2.75) is 52.6 Å². The summed E-state index contributed by atoms with van der Waals surface area (Å²) < 4.78 is 16.1. The lowest BCUT2D eigenvalue weighted by molar-refractivity contribution is 0.0600. The van der Waals surface area contributed by atoms with Gasteiger partial charge in [0.15, 0.2) is 0 Å². The molecule has 3 aromatic rings. The average Bonchev–Trinajstić information content (AvgIpc) is 2.77. The summed E-state index contributed by atoms with van der Waals surface area (Å²) in [5.41, 5.74) is 3.13. The Morgan fingerprint density at radius 2 is 1.84 bits per heavy atom. The van der Waals surface area contributed by atoms with Crippen molar-refractivity contribution in [3.05, 3.63) is 74.1 Å². The summed E-state index contributed by atoms with van der Waals surface area (Å²) in [6.07, 6.45) is 5.09. The van der Waals surface area contributed by atoms with Crippen LogP contribution in [0, 0.1) is 6.92 Å². The Kier molecular flexibility index (Phi) is 7.75. The standard InChI is InChI=1S/C25H27ClO5/c1-4-5-6-7-8-19-16(2)20-13-21(26)23(14-22(20)31-25(19)28)30-15-17-9-11-18(12-10-17)24(27)29-3/h9-14H,4-8,15H2,1-3H3. The molecule has 0 amide bonds. The molecule has 0 bridgehead atoms. The number of hydrogen-bond donors (Lipinski definition) is 0. The Labute approximate surface area is 186 Å². The van der Waals surface area contributed by atoms with Crippen molar-refractivity contribution in [1.29, 1.82) is 0 Å². The lowest BCUT2D eigenvalue weighted by Crippen LogP contribution is -2.10. The summed E-state index contributed by atoms with van der Waals surface area (Å²) in [5, 5.41) is 1.28. The first-order valence-corrected chi connectivity index (χ1v) is 10.9. The first-order valence-electron chi connectivity index (χ1n) is 10.5. The molecule has 1 heterocycles. The van der Waals surface area contributed by atoms with Gasteiger partial charge in [-0.3, -0.25) is 0 Å². The zero-order valence-corrected chi connectivity index (χ0v) is 18.9. The van der Waals surface area contributed by atoms with E-state index >= 15 is 0 Å². The molecule has 1 aromatic heterocycles. The number of methoxy groups -OCH3 is 1. The first-order chi connectivity index (χ1) is 14.9. The third-order valence-electron chi connectivity index (χ3n) is 5.39. The second kappa shape index (κ2) is 10.5. The normalized spacial score (nSPS) is 11.0. The summed E-state index contributed by atoms with van der Waals surface area (Å²) >= 11 is 6.46. The predicted molar refractivity (Wildman–Crippen MR) is 122 cm³/mol. The van der Waals surface area contributed by atoms with E-state index in [1.54, 1.807) is 36.4 Å². The van der Waals surface area contributed by atoms with Crippen molar-refractivity contribution in [2.75, 3.05) is 7.11 Å². The maximum absolute atomic E-state index is 12.5. The van der Waals surface area contributed by atoms with Crippen molar-refractivity contribution < 1.29 is 18.7 Å². The van der Waals surface area contributed by atoms with Crippen LogP contribution in [0.5, 0.6) is 5.75 Å². The molecule has 0 saturated carbocycles. The van der Waals surface area contributed by atoms with Crippen LogP contribution in [0.15, 0.2) is 45.6 Å². The average molecular weight is 443 g/mol. The number of hydrogen-bond acceptors (Lipinski definition) is 5. The Morgan fingerprint density at radius 1 is 1.10 bits per heavy atom. The van der Waals surface area contributed by atoms with Gasteiger partial charge in [-0.25, -0.2) is 9.59 Å². The predicted octanol–water partition coefficient (Wildman–Crippen LogP) is 6.24. The third kappa shape index (κ3) is 5.47. The number of rotatable bonds is 9. The molecule has 5 nitrogen and oxygen atoms in total. The zero-order valence-electron chi connectivity index (χ0n) is 18.1. The number of carbonyl (C=O) groups is 1. The number of ether oxygens (including phenoxy) is 2. The van der Waals surface area contributed by atoms with Gasteiger partial charge in [-0.15, -0.1) is 0 Å². The lowest BCUT2D eigenvalue weighted by Gasteiger charge is -2.12. The van der Waals surface area contributed by atoms with E-state index in [1.165, 1.54) is 7.11 Å². The molecule has 0 N–H and O–H groups in total. The van der Waals surface area contributed by atoms with Crippen molar-refractivity contribution >= 4 is 28.5 Å². The van der Waals surface area contributed by atoms with Crippen LogP contribution in [0.1, 0.15) is 59.7 Å². The van der Waals surface area contributed by atoms with Crippen LogP contribution in [0.2, 0.25) is 5.02 Å². The minimum absolute atomic E-state index is 0.255. The minimum Gasteiger partial charge on any atom is -0.487 e. The molecule has 0 aliphatic heterocycles.